The van der Waals surface area contributed by atoms with Gasteiger partial charge in [0.15, 0.2) is 0 Å². The molecule has 0 amide bonds. The Morgan fingerprint density at radius 2 is 1.78 bits per heavy atom. The van der Waals surface area contributed by atoms with Gasteiger partial charge in [-0.1, -0.05) is 13.8 Å². The predicted molar refractivity (Wildman–Crippen MR) is 128 cm³/mol. The maximum atomic E-state index is 5.96. The lowest BCUT2D eigenvalue weighted by atomic mass is 9.98. The van der Waals surface area contributed by atoms with Crippen LogP contribution in [0.3, 0.4) is 0 Å². The van der Waals surface area contributed by atoms with Gasteiger partial charge in [-0.2, -0.15) is 0 Å². The fraction of sp³-hybridized carbons (Fsp3) is 0.667. The second-order valence-electron chi connectivity index (χ2n) is 8.37. The molecule has 176 valence electrons. The van der Waals surface area contributed by atoms with Crippen molar-refractivity contribution < 1.29 is 14.0 Å². The number of nitrogens with zero attached hydrogens (tertiary/aromatic N) is 6. The third-order valence-corrected chi connectivity index (χ3v) is 7.91. The molecule has 0 aromatic carbocycles. The molecule has 32 heavy (non-hydrogen) atoms. The number of hydrogen-bond donors (Lipinski definition) is 0. The number of aromatic nitrogens is 3. The summed E-state index contributed by atoms with van der Waals surface area (Å²) in [4.78, 5) is 22.9. The molecule has 2 fully saturated rings. The summed E-state index contributed by atoms with van der Waals surface area (Å²) in [5.74, 6) is 2.52. The molecule has 0 atom stereocenters. The van der Waals surface area contributed by atoms with Gasteiger partial charge < -0.3 is 14.5 Å². The van der Waals surface area contributed by atoms with E-state index in [0.29, 0.717) is 24.3 Å². The molecule has 0 bridgehead atoms. The van der Waals surface area contributed by atoms with E-state index >= 15 is 0 Å². The molecule has 4 rings (SSSR count). The first-order valence-electron chi connectivity index (χ1n) is 11.1. The minimum absolute atomic E-state index is 0.492. The number of piperidine rings is 1. The Kier molecular flexibility index (Phi) is 8.42. The second-order valence-corrected chi connectivity index (χ2v) is 10.2. The van der Waals surface area contributed by atoms with E-state index in [4.69, 9.17) is 9.07 Å². The topological polar surface area (TPSA) is 76.1 Å². The lowest BCUT2D eigenvalue weighted by Gasteiger charge is -2.33. The van der Waals surface area contributed by atoms with Gasteiger partial charge in [-0.25, -0.2) is 24.1 Å². The lowest BCUT2D eigenvalue weighted by Crippen LogP contribution is -2.43. The smallest absolute Gasteiger partial charge is 0.232 e. The van der Waals surface area contributed by atoms with E-state index in [1.54, 1.807) is 6.20 Å². The first kappa shape index (κ1) is 23.5. The van der Waals surface area contributed by atoms with Gasteiger partial charge in [0.25, 0.3) is 0 Å². The Morgan fingerprint density at radius 1 is 1.00 bits per heavy atom. The van der Waals surface area contributed by atoms with Crippen molar-refractivity contribution in [3.63, 3.8) is 0 Å². The van der Waals surface area contributed by atoms with Crippen molar-refractivity contribution in [1.29, 1.82) is 0 Å². The van der Waals surface area contributed by atoms with E-state index in [-0.39, 0.29) is 0 Å². The summed E-state index contributed by atoms with van der Waals surface area (Å²) in [7, 11) is 1.51. The van der Waals surface area contributed by atoms with Crippen molar-refractivity contribution in [3.8, 4) is 5.88 Å². The highest BCUT2D eigenvalue weighted by Gasteiger charge is 2.23. The summed E-state index contributed by atoms with van der Waals surface area (Å²) < 4.78 is 13.0. The Bertz CT molecular complexity index is 821. The summed E-state index contributed by atoms with van der Waals surface area (Å²) in [6.45, 7) is 10.7. The zero-order valence-electron chi connectivity index (χ0n) is 19.0. The summed E-state index contributed by atoms with van der Waals surface area (Å²) in [6.07, 6.45) is 7.82. The molecule has 2 aliphatic heterocycles. The SMILES string of the molecule is COOSN1CCN(c2cnc(OCC3CCN(c4cnc(C(C)C)s4)CC3)cn2)CC1. The van der Waals surface area contributed by atoms with E-state index in [9.17, 15) is 0 Å². The fourth-order valence-electron chi connectivity index (χ4n) is 3.83. The molecule has 0 radical (unpaired) electrons. The molecule has 0 unspecified atom stereocenters. The maximum Gasteiger partial charge on any atom is 0.232 e. The highest BCUT2D eigenvalue weighted by molar-refractivity contribution is 7.92. The van der Waals surface area contributed by atoms with E-state index in [1.807, 2.05) is 23.7 Å². The molecule has 11 heteroatoms. The first-order chi connectivity index (χ1) is 15.6. The van der Waals surface area contributed by atoms with Crippen LogP contribution in [0.1, 0.15) is 37.6 Å². The molecule has 0 saturated carbocycles. The average molecular weight is 481 g/mol. The number of piperazine rings is 1. The lowest BCUT2D eigenvalue weighted by molar-refractivity contribution is -0.163. The highest BCUT2D eigenvalue weighted by atomic mass is 32.2. The van der Waals surface area contributed by atoms with E-state index in [0.717, 1.165) is 57.9 Å². The Hall–Kier alpha value is -1.66. The molecule has 0 aliphatic carbocycles. The number of rotatable bonds is 9. The largest absolute Gasteiger partial charge is 0.476 e. The minimum Gasteiger partial charge on any atom is -0.476 e. The molecule has 4 heterocycles. The molecule has 9 nitrogen and oxygen atoms in total. The van der Waals surface area contributed by atoms with Crippen LogP contribution in [0.15, 0.2) is 18.6 Å². The maximum absolute atomic E-state index is 5.96. The Labute approximate surface area is 198 Å². The van der Waals surface area contributed by atoms with Crippen LogP contribution in [-0.2, 0) is 9.22 Å². The third kappa shape index (κ3) is 6.22. The monoisotopic (exact) mass is 480 g/mol. The third-order valence-electron chi connectivity index (χ3n) is 5.78. The van der Waals surface area contributed by atoms with Gasteiger partial charge in [0.2, 0.25) is 5.88 Å². The van der Waals surface area contributed by atoms with E-state index in [1.165, 1.54) is 29.3 Å². The van der Waals surface area contributed by atoms with Crippen molar-refractivity contribution >= 4 is 34.4 Å². The predicted octanol–water partition coefficient (Wildman–Crippen LogP) is 3.62. The van der Waals surface area contributed by atoms with Gasteiger partial charge in [-0.3, -0.25) is 0 Å². The van der Waals surface area contributed by atoms with Crippen LogP contribution in [0.4, 0.5) is 10.8 Å². The molecule has 2 aromatic heterocycles. The van der Waals surface area contributed by atoms with Crippen LogP contribution in [0.2, 0.25) is 0 Å². The van der Waals surface area contributed by atoms with Crippen molar-refractivity contribution in [2.24, 2.45) is 5.92 Å². The number of hydrogen-bond acceptors (Lipinski definition) is 11. The molecule has 2 aliphatic rings. The summed E-state index contributed by atoms with van der Waals surface area (Å²) in [5.41, 5.74) is 0. The highest BCUT2D eigenvalue weighted by Crippen LogP contribution is 2.31. The van der Waals surface area contributed by atoms with Gasteiger partial charge in [0.05, 0.1) is 37.3 Å². The van der Waals surface area contributed by atoms with Crippen molar-refractivity contribution in [3.05, 3.63) is 23.6 Å². The molecule has 2 saturated heterocycles. The number of ether oxygens (including phenoxy) is 1. The van der Waals surface area contributed by atoms with Gasteiger partial charge in [0, 0.05) is 45.2 Å². The van der Waals surface area contributed by atoms with Gasteiger partial charge in [-0.15, -0.1) is 15.7 Å². The van der Waals surface area contributed by atoms with Crippen LogP contribution >= 0.6 is 23.6 Å². The van der Waals surface area contributed by atoms with Gasteiger partial charge in [-0.05, 0) is 18.8 Å². The molecule has 0 N–H and O–H groups in total. The van der Waals surface area contributed by atoms with Crippen LogP contribution in [-0.4, -0.2) is 72.2 Å². The number of anilines is 2. The van der Waals surface area contributed by atoms with Crippen molar-refractivity contribution in [1.82, 2.24) is 19.3 Å². The molecular formula is C21H32N6O3S2. The zero-order chi connectivity index (χ0) is 22.3. The molecule has 0 spiro atoms. The quantitative estimate of drug-likeness (QED) is 0.230. The van der Waals surface area contributed by atoms with Crippen LogP contribution in [0, 0.1) is 5.92 Å². The Morgan fingerprint density at radius 3 is 2.41 bits per heavy atom. The van der Waals surface area contributed by atoms with Crippen LogP contribution in [0.5, 0.6) is 5.88 Å². The summed E-state index contributed by atoms with van der Waals surface area (Å²) in [5, 5.41) is 2.51. The minimum atomic E-state index is 0.492. The van der Waals surface area contributed by atoms with Crippen LogP contribution < -0.4 is 14.5 Å². The summed E-state index contributed by atoms with van der Waals surface area (Å²) in [6, 6.07) is 0. The Balaban J connectivity index is 1.18. The van der Waals surface area contributed by atoms with E-state index < -0.39 is 0 Å². The number of thiazole rings is 1. The van der Waals surface area contributed by atoms with E-state index in [2.05, 4.69) is 47.8 Å². The van der Waals surface area contributed by atoms with Gasteiger partial charge >= 0.3 is 0 Å². The van der Waals surface area contributed by atoms with Crippen molar-refractivity contribution in [2.75, 3.05) is 62.8 Å². The summed E-state index contributed by atoms with van der Waals surface area (Å²) >= 11 is 3.06. The van der Waals surface area contributed by atoms with Gasteiger partial charge in [0.1, 0.15) is 23.0 Å². The zero-order valence-corrected chi connectivity index (χ0v) is 20.6. The van der Waals surface area contributed by atoms with Crippen molar-refractivity contribution in [2.45, 2.75) is 32.6 Å². The standard InChI is InChI=1S/C21H32N6O3S2/c1-16(2)21-24-14-20(31-21)26-6-4-17(5-7-26)15-29-19-13-22-18(12-23-19)25-8-10-27(11-9-25)32-30-28-3/h12-14,16-17H,4-11,15H2,1-3H3. The molecule has 2 aromatic rings. The molecular weight excluding hydrogens is 448 g/mol. The second kappa shape index (κ2) is 11.5. The normalized spacial score (nSPS) is 18.5. The van der Waals surface area contributed by atoms with Crippen LogP contribution in [0.25, 0.3) is 0 Å². The average Bonchev–Trinajstić information content (AvgIpc) is 3.33. The first-order valence-corrected chi connectivity index (χ1v) is 12.7. The fourth-order valence-corrected chi connectivity index (χ4v) is 5.26.